The van der Waals surface area contributed by atoms with Crippen LogP contribution in [0.15, 0.2) is 41.9 Å². The second kappa shape index (κ2) is 4.90. The molecule has 0 bridgehead atoms. The number of hydrogen-bond acceptors (Lipinski definition) is 3. The van der Waals surface area contributed by atoms with Crippen molar-refractivity contribution in [2.75, 3.05) is 0 Å². The lowest BCUT2D eigenvalue weighted by Gasteiger charge is -2.21. The van der Waals surface area contributed by atoms with E-state index in [0.717, 1.165) is 12.1 Å². The van der Waals surface area contributed by atoms with Crippen LogP contribution in [0.3, 0.4) is 0 Å². The molecule has 1 saturated heterocycles. The lowest BCUT2D eigenvalue weighted by atomic mass is 9.93. The van der Waals surface area contributed by atoms with Gasteiger partial charge in [-0.3, -0.25) is 9.78 Å². The number of nitrogens with zero attached hydrogens (tertiary/aromatic N) is 1. The van der Waals surface area contributed by atoms with Crippen LogP contribution in [0, 0.1) is 0 Å². The van der Waals surface area contributed by atoms with E-state index < -0.39 is 0 Å². The van der Waals surface area contributed by atoms with Gasteiger partial charge in [0.25, 0.3) is 0 Å². The highest BCUT2D eigenvalue weighted by Crippen LogP contribution is 2.33. The van der Waals surface area contributed by atoms with Gasteiger partial charge in [-0.05, 0) is 30.0 Å². The molecule has 2 aromatic heterocycles. The standard InChI is InChI=1S/C14H14N2OS/c17-13-7-6-11(16-13)14(12-5-3-9-18-12)10-4-1-2-8-15-10/h1-5,8-9,11,14H,6-7H2,(H,16,17)/t11-,14+/m1/s1. The van der Waals surface area contributed by atoms with Gasteiger partial charge in [-0.1, -0.05) is 12.1 Å². The van der Waals surface area contributed by atoms with E-state index in [-0.39, 0.29) is 17.9 Å². The lowest BCUT2D eigenvalue weighted by Crippen LogP contribution is -2.32. The molecule has 0 saturated carbocycles. The molecule has 0 aromatic carbocycles. The summed E-state index contributed by atoms with van der Waals surface area (Å²) in [7, 11) is 0. The summed E-state index contributed by atoms with van der Waals surface area (Å²) in [6.07, 6.45) is 3.32. The van der Waals surface area contributed by atoms with Gasteiger partial charge in [0, 0.05) is 23.5 Å². The fourth-order valence-corrected chi connectivity index (χ4v) is 3.37. The molecule has 4 heteroatoms. The highest BCUT2D eigenvalue weighted by Gasteiger charge is 2.32. The maximum atomic E-state index is 11.4. The van der Waals surface area contributed by atoms with Crippen LogP contribution in [0.4, 0.5) is 0 Å². The van der Waals surface area contributed by atoms with Crippen molar-refractivity contribution in [3.05, 3.63) is 52.5 Å². The molecule has 0 unspecified atom stereocenters. The number of amides is 1. The van der Waals surface area contributed by atoms with E-state index in [1.54, 1.807) is 11.3 Å². The number of pyridine rings is 1. The molecule has 3 heterocycles. The van der Waals surface area contributed by atoms with Crippen LogP contribution in [0.1, 0.15) is 29.3 Å². The Morgan fingerprint density at radius 2 is 2.28 bits per heavy atom. The predicted molar refractivity (Wildman–Crippen MR) is 71.6 cm³/mol. The molecule has 2 aromatic rings. The number of thiophene rings is 1. The third-order valence-electron chi connectivity index (χ3n) is 3.29. The van der Waals surface area contributed by atoms with Gasteiger partial charge in [0.15, 0.2) is 0 Å². The van der Waals surface area contributed by atoms with Gasteiger partial charge in [-0.2, -0.15) is 0 Å². The van der Waals surface area contributed by atoms with Crippen LogP contribution < -0.4 is 5.32 Å². The molecule has 0 aliphatic carbocycles. The Hall–Kier alpha value is -1.68. The molecule has 1 N–H and O–H groups in total. The Labute approximate surface area is 110 Å². The molecular weight excluding hydrogens is 244 g/mol. The van der Waals surface area contributed by atoms with E-state index in [9.17, 15) is 4.79 Å². The molecule has 18 heavy (non-hydrogen) atoms. The minimum Gasteiger partial charge on any atom is -0.352 e. The molecule has 92 valence electrons. The maximum Gasteiger partial charge on any atom is 0.220 e. The van der Waals surface area contributed by atoms with E-state index in [1.165, 1.54) is 4.88 Å². The summed E-state index contributed by atoms with van der Waals surface area (Å²) in [4.78, 5) is 17.2. The Kier molecular flexibility index (Phi) is 3.11. The lowest BCUT2D eigenvalue weighted by molar-refractivity contribution is -0.119. The van der Waals surface area contributed by atoms with Crippen molar-refractivity contribution in [3.8, 4) is 0 Å². The Morgan fingerprint density at radius 3 is 2.89 bits per heavy atom. The molecular formula is C14H14N2OS. The highest BCUT2D eigenvalue weighted by molar-refractivity contribution is 7.10. The maximum absolute atomic E-state index is 11.4. The summed E-state index contributed by atoms with van der Waals surface area (Å²) in [5.41, 5.74) is 1.03. The van der Waals surface area contributed by atoms with Crippen LogP contribution in [-0.2, 0) is 4.79 Å². The second-order valence-electron chi connectivity index (χ2n) is 4.46. The molecule has 1 amide bonds. The molecule has 1 aliphatic rings. The predicted octanol–water partition coefficient (Wildman–Crippen LogP) is 2.55. The highest BCUT2D eigenvalue weighted by atomic mass is 32.1. The van der Waals surface area contributed by atoms with E-state index in [4.69, 9.17) is 0 Å². The summed E-state index contributed by atoms with van der Waals surface area (Å²) in [6, 6.07) is 10.3. The zero-order valence-electron chi connectivity index (χ0n) is 9.87. The quantitative estimate of drug-likeness (QED) is 0.919. The van der Waals surface area contributed by atoms with Gasteiger partial charge >= 0.3 is 0 Å². The first kappa shape index (κ1) is 11.4. The van der Waals surface area contributed by atoms with Crippen molar-refractivity contribution < 1.29 is 4.79 Å². The van der Waals surface area contributed by atoms with Crippen LogP contribution in [0.25, 0.3) is 0 Å². The van der Waals surface area contributed by atoms with Crippen molar-refractivity contribution in [2.24, 2.45) is 0 Å². The molecule has 2 atom stereocenters. The third kappa shape index (κ3) is 2.16. The van der Waals surface area contributed by atoms with E-state index >= 15 is 0 Å². The number of hydrogen-bond donors (Lipinski definition) is 1. The van der Waals surface area contributed by atoms with Gasteiger partial charge in [-0.15, -0.1) is 11.3 Å². The average Bonchev–Trinajstić information content (AvgIpc) is 3.04. The third-order valence-corrected chi connectivity index (χ3v) is 4.24. The normalized spacial score (nSPS) is 20.7. The van der Waals surface area contributed by atoms with Gasteiger partial charge < -0.3 is 5.32 Å². The van der Waals surface area contributed by atoms with Gasteiger partial charge in [0.1, 0.15) is 0 Å². The number of nitrogens with one attached hydrogen (secondary N) is 1. The van der Waals surface area contributed by atoms with Crippen LogP contribution in [0.2, 0.25) is 0 Å². The topological polar surface area (TPSA) is 42.0 Å². The van der Waals surface area contributed by atoms with Crippen molar-refractivity contribution in [1.29, 1.82) is 0 Å². The summed E-state index contributed by atoms with van der Waals surface area (Å²) >= 11 is 1.72. The number of aromatic nitrogens is 1. The van der Waals surface area contributed by atoms with E-state index in [0.29, 0.717) is 6.42 Å². The Balaban J connectivity index is 1.97. The van der Waals surface area contributed by atoms with Crippen LogP contribution >= 0.6 is 11.3 Å². The van der Waals surface area contributed by atoms with Crippen LogP contribution in [-0.4, -0.2) is 16.9 Å². The fourth-order valence-electron chi connectivity index (χ4n) is 2.47. The first-order chi connectivity index (χ1) is 8.84. The summed E-state index contributed by atoms with van der Waals surface area (Å²) < 4.78 is 0. The summed E-state index contributed by atoms with van der Waals surface area (Å²) in [5.74, 6) is 0.329. The number of carbonyl (C=O) groups is 1. The molecule has 1 fully saturated rings. The fraction of sp³-hybridized carbons (Fsp3) is 0.286. The molecule has 0 spiro atoms. The zero-order valence-corrected chi connectivity index (χ0v) is 10.7. The van der Waals surface area contributed by atoms with Crippen LogP contribution in [0.5, 0.6) is 0 Å². The molecule has 1 aliphatic heterocycles. The monoisotopic (exact) mass is 258 g/mol. The Morgan fingerprint density at radius 1 is 1.33 bits per heavy atom. The SMILES string of the molecule is O=C1CC[C@H]([C@H](c2ccccn2)c2cccs2)N1. The van der Waals surface area contributed by atoms with E-state index in [1.807, 2.05) is 30.5 Å². The van der Waals surface area contributed by atoms with E-state index in [2.05, 4.69) is 21.7 Å². The van der Waals surface area contributed by atoms with Gasteiger partial charge in [0.2, 0.25) is 5.91 Å². The average molecular weight is 258 g/mol. The van der Waals surface area contributed by atoms with Crippen molar-refractivity contribution in [1.82, 2.24) is 10.3 Å². The molecule has 0 radical (unpaired) electrons. The number of carbonyl (C=O) groups excluding carboxylic acids is 1. The van der Waals surface area contributed by atoms with Gasteiger partial charge in [-0.25, -0.2) is 0 Å². The smallest absolute Gasteiger partial charge is 0.220 e. The second-order valence-corrected chi connectivity index (χ2v) is 5.44. The zero-order chi connectivity index (χ0) is 12.4. The van der Waals surface area contributed by atoms with Crippen molar-refractivity contribution in [3.63, 3.8) is 0 Å². The summed E-state index contributed by atoms with van der Waals surface area (Å²) in [5, 5.41) is 5.14. The minimum atomic E-state index is 0.150. The number of rotatable bonds is 3. The largest absolute Gasteiger partial charge is 0.352 e. The molecule has 3 rings (SSSR count). The van der Waals surface area contributed by atoms with Crippen molar-refractivity contribution in [2.45, 2.75) is 24.8 Å². The van der Waals surface area contributed by atoms with Gasteiger partial charge in [0.05, 0.1) is 11.6 Å². The first-order valence-electron chi connectivity index (χ1n) is 6.08. The molecule has 3 nitrogen and oxygen atoms in total. The minimum absolute atomic E-state index is 0.150. The van der Waals surface area contributed by atoms with Crippen molar-refractivity contribution >= 4 is 17.2 Å². The Bertz CT molecular complexity index is 524. The first-order valence-corrected chi connectivity index (χ1v) is 6.96. The summed E-state index contributed by atoms with van der Waals surface area (Å²) in [6.45, 7) is 0.